The van der Waals surface area contributed by atoms with E-state index in [4.69, 9.17) is 9.47 Å². The van der Waals surface area contributed by atoms with Gasteiger partial charge in [-0.15, -0.1) is 0 Å². The van der Waals surface area contributed by atoms with Gasteiger partial charge < -0.3 is 14.8 Å². The molecule has 5 nitrogen and oxygen atoms in total. The van der Waals surface area contributed by atoms with E-state index in [1.54, 1.807) is 7.11 Å². The fraction of sp³-hybridized carbons (Fsp3) is 0.333. The standard InChI is InChI=1S/C15H17N3O2/c1-16-14-8-12(9-19-2)17-15(18-14)11-3-4-13-10(7-11)5-6-20-13/h3-4,7-8H,5-6,9H2,1-2H3,(H,16,17,18). The first kappa shape index (κ1) is 12.9. The van der Waals surface area contributed by atoms with Gasteiger partial charge in [-0.25, -0.2) is 9.97 Å². The summed E-state index contributed by atoms with van der Waals surface area (Å²) in [5.41, 5.74) is 3.08. The predicted octanol–water partition coefficient (Wildman–Crippen LogP) is 2.27. The quantitative estimate of drug-likeness (QED) is 0.924. The van der Waals surface area contributed by atoms with Crippen molar-refractivity contribution in [2.45, 2.75) is 13.0 Å². The summed E-state index contributed by atoms with van der Waals surface area (Å²) in [5, 5.41) is 3.06. The Balaban J connectivity index is 2.02. The Morgan fingerprint density at radius 1 is 1.30 bits per heavy atom. The van der Waals surface area contributed by atoms with Crippen LogP contribution in [-0.2, 0) is 17.8 Å². The maximum atomic E-state index is 5.52. The van der Waals surface area contributed by atoms with Crippen LogP contribution in [0, 0.1) is 0 Å². The van der Waals surface area contributed by atoms with E-state index in [-0.39, 0.29) is 0 Å². The highest BCUT2D eigenvalue weighted by molar-refractivity contribution is 5.61. The zero-order chi connectivity index (χ0) is 13.9. The van der Waals surface area contributed by atoms with Crippen molar-refractivity contribution in [3.8, 4) is 17.1 Å². The van der Waals surface area contributed by atoms with Crippen LogP contribution in [0.2, 0.25) is 0 Å². The summed E-state index contributed by atoms with van der Waals surface area (Å²) in [4.78, 5) is 9.06. The highest BCUT2D eigenvalue weighted by Gasteiger charge is 2.14. The van der Waals surface area contributed by atoms with Crippen molar-refractivity contribution in [3.05, 3.63) is 35.5 Å². The monoisotopic (exact) mass is 271 g/mol. The summed E-state index contributed by atoms with van der Waals surface area (Å²) < 4.78 is 10.7. The number of aromatic nitrogens is 2. The number of ether oxygens (including phenoxy) is 2. The third-order valence-corrected chi connectivity index (χ3v) is 3.28. The Hall–Kier alpha value is -2.14. The molecule has 1 aromatic carbocycles. The fourth-order valence-corrected chi connectivity index (χ4v) is 2.30. The molecule has 2 aromatic rings. The van der Waals surface area contributed by atoms with Crippen LogP contribution in [-0.4, -0.2) is 30.7 Å². The second-order valence-electron chi connectivity index (χ2n) is 4.67. The molecule has 0 atom stereocenters. The molecule has 2 heterocycles. The van der Waals surface area contributed by atoms with E-state index in [0.717, 1.165) is 35.9 Å². The molecule has 0 saturated heterocycles. The van der Waals surface area contributed by atoms with Gasteiger partial charge in [0, 0.05) is 32.2 Å². The second kappa shape index (κ2) is 5.46. The Bertz CT molecular complexity index is 629. The lowest BCUT2D eigenvalue weighted by Gasteiger charge is -2.08. The van der Waals surface area contributed by atoms with Gasteiger partial charge in [0.1, 0.15) is 11.6 Å². The summed E-state index contributed by atoms with van der Waals surface area (Å²) in [7, 11) is 3.51. The highest BCUT2D eigenvalue weighted by atomic mass is 16.5. The number of methoxy groups -OCH3 is 1. The molecule has 0 spiro atoms. The molecule has 1 aliphatic rings. The Morgan fingerprint density at radius 2 is 2.20 bits per heavy atom. The Labute approximate surface area is 118 Å². The molecule has 20 heavy (non-hydrogen) atoms. The lowest BCUT2D eigenvalue weighted by atomic mass is 10.1. The first-order chi connectivity index (χ1) is 9.80. The van der Waals surface area contributed by atoms with E-state index >= 15 is 0 Å². The van der Waals surface area contributed by atoms with Crippen LogP contribution in [0.25, 0.3) is 11.4 Å². The largest absolute Gasteiger partial charge is 0.493 e. The minimum atomic E-state index is 0.470. The summed E-state index contributed by atoms with van der Waals surface area (Å²) in [6.45, 7) is 1.23. The molecule has 0 saturated carbocycles. The van der Waals surface area contributed by atoms with E-state index in [9.17, 15) is 0 Å². The summed E-state index contributed by atoms with van der Waals surface area (Å²) in [5.74, 6) is 2.47. The van der Waals surface area contributed by atoms with E-state index < -0.39 is 0 Å². The number of anilines is 1. The molecule has 0 radical (unpaired) electrons. The molecule has 3 rings (SSSR count). The lowest BCUT2D eigenvalue weighted by Crippen LogP contribution is -2.02. The van der Waals surface area contributed by atoms with Gasteiger partial charge in [0.2, 0.25) is 0 Å². The van der Waals surface area contributed by atoms with Crippen molar-refractivity contribution in [1.29, 1.82) is 0 Å². The van der Waals surface area contributed by atoms with Crippen LogP contribution >= 0.6 is 0 Å². The topological polar surface area (TPSA) is 56.3 Å². The summed E-state index contributed by atoms with van der Waals surface area (Å²) >= 11 is 0. The number of hydrogen-bond acceptors (Lipinski definition) is 5. The molecular formula is C15H17N3O2. The maximum Gasteiger partial charge on any atom is 0.161 e. The van der Waals surface area contributed by atoms with Gasteiger partial charge in [-0.1, -0.05) is 0 Å². The Morgan fingerprint density at radius 3 is 3.00 bits per heavy atom. The zero-order valence-corrected chi connectivity index (χ0v) is 11.6. The number of benzene rings is 1. The third-order valence-electron chi connectivity index (χ3n) is 3.28. The molecule has 1 aliphatic heterocycles. The SMILES string of the molecule is CNc1cc(COC)nc(-c2ccc3c(c2)CCO3)n1. The Kier molecular flexibility index (Phi) is 3.52. The third kappa shape index (κ3) is 2.44. The summed E-state index contributed by atoms with van der Waals surface area (Å²) in [6.07, 6.45) is 0.944. The predicted molar refractivity (Wildman–Crippen MR) is 76.9 cm³/mol. The zero-order valence-electron chi connectivity index (χ0n) is 11.6. The van der Waals surface area contributed by atoms with Gasteiger partial charge >= 0.3 is 0 Å². The average molecular weight is 271 g/mol. The van der Waals surface area contributed by atoms with E-state index in [1.807, 2.05) is 25.2 Å². The summed E-state index contributed by atoms with van der Waals surface area (Å²) in [6, 6.07) is 7.98. The van der Waals surface area contributed by atoms with Crippen molar-refractivity contribution in [1.82, 2.24) is 9.97 Å². The lowest BCUT2D eigenvalue weighted by molar-refractivity contribution is 0.181. The molecule has 0 aliphatic carbocycles. The molecule has 0 fully saturated rings. The average Bonchev–Trinajstić information content (AvgIpc) is 2.94. The highest BCUT2D eigenvalue weighted by Crippen LogP contribution is 2.29. The first-order valence-electron chi connectivity index (χ1n) is 6.61. The van der Waals surface area contributed by atoms with Crippen LogP contribution in [0.3, 0.4) is 0 Å². The fourth-order valence-electron chi connectivity index (χ4n) is 2.30. The van der Waals surface area contributed by atoms with Gasteiger partial charge in [0.25, 0.3) is 0 Å². The first-order valence-corrected chi connectivity index (χ1v) is 6.61. The van der Waals surface area contributed by atoms with Crippen LogP contribution < -0.4 is 10.1 Å². The maximum absolute atomic E-state index is 5.52. The molecule has 0 bridgehead atoms. The van der Waals surface area contributed by atoms with Gasteiger partial charge in [-0.2, -0.15) is 0 Å². The second-order valence-corrected chi connectivity index (χ2v) is 4.67. The van der Waals surface area contributed by atoms with Crippen molar-refractivity contribution in [2.75, 3.05) is 26.1 Å². The molecule has 1 N–H and O–H groups in total. The minimum Gasteiger partial charge on any atom is -0.493 e. The van der Waals surface area contributed by atoms with Crippen LogP contribution in [0.15, 0.2) is 24.3 Å². The van der Waals surface area contributed by atoms with Gasteiger partial charge in [-0.05, 0) is 23.8 Å². The molecule has 0 amide bonds. The molecule has 1 aromatic heterocycles. The van der Waals surface area contributed by atoms with E-state index in [0.29, 0.717) is 12.4 Å². The van der Waals surface area contributed by atoms with Crippen LogP contribution in [0.4, 0.5) is 5.82 Å². The number of fused-ring (bicyclic) bond motifs is 1. The van der Waals surface area contributed by atoms with Crippen molar-refractivity contribution < 1.29 is 9.47 Å². The van der Waals surface area contributed by atoms with E-state index in [2.05, 4.69) is 21.4 Å². The molecule has 5 heteroatoms. The van der Waals surface area contributed by atoms with Gasteiger partial charge in [-0.3, -0.25) is 0 Å². The van der Waals surface area contributed by atoms with Crippen LogP contribution in [0.5, 0.6) is 5.75 Å². The number of nitrogens with zero attached hydrogens (tertiary/aromatic N) is 2. The van der Waals surface area contributed by atoms with Crippen LogP contribution in [0.1, 0.15) is 11.3 Å². The number of nitrogens with one attached hydrogen (secondary N) is 1. The number of rotatable bonds is 4. The van der Waals surface area contributed by atoms with Crippen molar-refractivity contribution in [3.63, 3.8) is 0 Å². The minimum absolute atomic E-state index is 0.470. The van der Waals surface area contributed by atoms with E-state index in [1.165, 1.54) is 5.56 Å². The van der Waals surface area contributed by atoms with Crippen molar-refractivity contribution >= 4 is 5.82 Å². The molecule has 0 unspecified atom stereocenters. The smallest absolute Gasteiger partial charge is 0.161 e. The number of hydrogen-bond donors (Lipinski definition) is 1. The molecule has 104 valence electrons. The van der Waals surface area contributed by atoms with Gasteiger partial charge in [0.05, 0.1) is 18.9 Å². The van der Waals surface area contributed by atoms with Gasteiger partial charge in [0.15, 0.2) is 5.82 Å². The molecular weight excluding hydrogens is 254 g/mol. The normalized spacial score (nSPS) is 12.9. The van der Waals surface area contributed by atoms with Crippen molar-refractivity contribution in [2.24, 2.45) is 0 Å².